The third-order valence-corrected chi connectivity index (χ3v) is 4.17. The Morgan fingerprint density at radius 1 is 1.15 bits per heavy atom. The van der Waals surface area contributed by atoms with Crippen molar-refractivity contribution < 1.29 is 24.5 Å². The lowest BCUT2D eigenvalue weighted by Gasteiger charge is -2.18. The fourth-order valence-electron chi connectivity index (χ4n) is 2.62. The minimum atomic E-state index is -1.35. The molecule has 0 fully saturated rings. The number of aromatic hydroxyl groups is 1. The lowest BCUT2D eigenvalue weighted by atomic mass is 10.2. The van der Waals surface area contributed by atoms with Gasteiger partial charge in [-0.05, 0) is 23.8 Å². The van der Waals surface area contributed by atoms with E-state index in [0.717, 1.165) is 0 Å². The molecule has 26 heavy (non-hydrogen) atoms. The van der Waals surface area contributed by atoms with E-state index < -0.39 is 5.97 Å². The molecule has 2 aromatic carbocycles. The number of hydrogen-bond acceptors (Lipinski definition) is 7. The van der Waals surface area contributed by atoms with Gasteiger partial charge in [-0.25, -0.2) is 0 Å². The molecule has 0 radical (unpaired) electrons. The molecular weight excluding hydrogens is 362 g/mol. The summed E-state index contributed by atoms with van der Waals surface area (Å²) in [5, 5.41) is 29.9. The van der Waals surface area contributed by atoms with E-state index in [1.807, 2.05) is 0 Å². The molecular formula is C17H11ClN3O5-. The highest BCUT2D eigenvalue weighted by atomic mass is 35.5. The van der Waals surface area contributed by atoms with Crippen molar-refractivity contribution in [1.82, 2.24) is 4.98 Å². The number of hydrogen-bond donors (Lipinski definition) is 2. The minimum Gasteiger partial charge on any atom is -0.545 e. The van der Waals surface area contributed by atoms with E-state index in [-0.39, 0.29) is 27.8 Å². The first-order chi connectivity index (χ1) is 12.5. The molecule has 0 atom stereocenters. The highest BCUT2D eigenvalue weighted by molar-refractivity contribution is 6.33. The van der Waals surface area contributed by atoms with Gasteiger partial charge in [0.15, 0.2) is 17.2 Å². The van der Waals surface area contributed by atoms with Gasteiger partial charge >= 0.3 is 0 Å². The Bertz CT molecular complexity index is 1060. The number of benzene rings is 2. The van der Waals surface area contributed by atoms with E-state index in [9.17, 15) is 15.0 Å². The van der Waals surface area contributed by atoms with Crippen LogP contribution in [0.3, 0.4) is 0 Å². The molecule has 132 valence electrons. The normalized spacial score (nSPS) is 13.4. The van der Waals surface area contributed by atoms with E-state index >= 15 is 0 Å². The number of carbonyl (C=O) groups excluding carboxylic acids is 1. The number of carbonyl (C=O) groups is 1. The SMILES string of the molecule is O=C([O-])c1ccc(Cl)c(N=Nc2c(O)[nH]c3cc4c(cc23)OCCO4)c1. The third-order valence-electron chi connectivity index (χ3n) is 3.85. The van der Waals surface area contributed by atoms with Crippen molar-refractivity contribution in [3.63, 3.8) is 0 Å². The van der Waals surface area contributed by atoms with E-state index in [4.69, 9.17) is 21.1 Å². The van der Waals surface area contributed by atoms with Crippen molar-refractivity contribution in [1.29, 1.82) is 0 Å². The number of rotatable bonds is 3. The fraction of sp³-hybridized carbons (Fsp3) is 0.118. The summed E-state index contributed by atoms with van der Waals surface area (Å²) >= 11 is 6.02. The number of aromatic carboxylic acids is 1. The molecule has 1 aliphatic rings. The van der Waals surface area contributed by atoms with Crippen LogP contribution in [0, 0.1) is 0 Å². The summed E-state index contributed by atoms with van der Waals surface area (Å²) in [5.74, 6) is -0.440. The smallest absolute Gasteiger partial charge is 0.218 e. The number of azo groups is 1. The van der Waals surface area contributed by atoms with Crippen LogP contribution in [0.4, 0.5) is 11.4 Å². The minimum absolute atomic E-state index is 0.0777. The molecule has 1 aliphatic heterocycles. The van der Waals surface area contributed by atoms with Crippen molar-refractivity contribution in [2.45, 2.75) is 0 Å². The quantitative estimate of drug-likeness (QED) is 0.684. The Kier molecular flexibility index (Phi) is 3.89. The fourth-order valence-corrected chi connectivity index (χ4v) is 2.78. The molecule has 2 N–H and O–H groups in total. The first kappa shape index (κ1) is 16.2. The number of nitrogens with zero attached hydrogens (tertiary/aromatic N) is 2. The van der Waals surface area contributed by atoms with E-state index in [2.05, 4.69) is 15.2 Å². The Labute approximate surface area is 151 Å². The molecule has 0 bridgehead atoms. The number of aromatic amines is 1. The lowest BCUT2D eigenvalue weighted by molar-refractivity contribution is -0.255. The second-order valence-corrected chi connectivity index (χ2v) is 5.92. The van der Waals surface area contributed by atoms with Gasteiger partial charge in [-0.1, -0.05) is 17.7 Å². The van der Waals surface area contributed by atoms with Gasteiger partial charge in [-0.15, -0.1) is 10.2 Å². The highest BCUT2D eigenvalue weighted by Crippen LogP contribution is 2.43. The number of nitrogens with one attached hydrogen (secondary N) is 1. The number of carboxylic acid groups (broad SMARTS) is 1. The van der Waals surface area contributed by atoms with Crippen molar-refractivity contribution in [2.75, 3.05) is 13.2 Å². The zero-order valence-electron chi connectivity index (χ0n) is 13.2. The largest absolute Gasteiger partial charge is 0.545 e. The van der Waals surface area contributed by atoms with Crippen LogP contribution in [0.2, 0.25) is 5.02 Å². The first-order valence-electron chi connectivity index (χ1n) is 7.60. The maximum Gasteiger partial charge on any atom is 0.218 e. The maximum atomic E-state index is 11.0. The van der Waals surface area contributed by atoms with Crippen molar-refractivity contribution in [2.24, 2.45) is 10.2 Å². The molecule has 0 saturated carbocycles. The van der Waals surface area contributed by atoms with Crippen LogP contribution in [-0.2, 0) is 0 Å². The van der Waals surface area contributed by atoms with Crippen LogP contribution in [0.5, 0.6) is 17.4 Å². The Morgan fingerprint density at radius 2 is 1.88 bits per heavy atom. The number of ether oxygens (including phenoxy) is 2. The second-order valence-electron chi connectivity index (χ2n) is 5.52. The molecule has 3 aromatic rings. The van der Waals surface area contributed by atoms with Crippen LogP contribution < -0.4 is 14.6 Å². The molecule has 1 aromatic heterocycles. The van der Waals surface area contributed by atoms with Gasteiger partial charge in [0, 0.05) is 11.5 Å². The first-order valence-corrected chi connectivity index (χ1v) is 7.97. The highest BCUT2D eigenvalue weighted by Gasteiger charge is 2.18. The van der Waals surface area contributed by atoms with Gasteiger partial charge in [-0.3, -0.25) is 0 Å². The number of aromatic nitrogens is 1. The van der Waals surface area contributed by atoms with E-state index in [0.29, 0.717) is 35.6 Å². The summed E-state index contributed by atoms with van der Waals surface area (Å²) in [6.45, 7) is 0.877. The van der Waals surface area contributed by atoms with Crippen molar-refractivity contribution in [3.05, 3.63) is 40.9 Å². The maximum absolute atomic E-state index is 11.0. The van der Waals surface area contributed by atoms with Crippen molar-refractivity contribution >= 4 is 39.8 Å². The molecule has 0 amide bonds. The van der Waals surface area contributed by atoms with Crippen LogP contribution >= 0.6 is 11.6 Å². The zero-order valence-corrected chi connectivity index (χ0v) is 13.9. The molecule has 8 nitrogen and oxygen atoms in total. The second kappa shape index (κ2) is 6.23. The number of fused-ring (bicyclic) bond motifs is 2. The average Bonchev–Trinajstić information content (AvgIpc) is 2.93. The topological polar surface area (TPSA) is 119 Å². The summed E-state index contributed by atoms with van der Waals surface area (Å²) in [7, 11) is 0. The number of halogens is 1. The Morgan fingerprint density at radius 3 is 2.62 bits per heavy atom. The van der Waals surface area contributed by atoms with E-state index in [1.54, 1.807) is 12.1 Å². The third kappa shape index (κ3) is 2.80. The van der Waals surface area contributed by atoms with Gasteiger partial charge in [0.1, 0.15) is 18.9 Å². The van der Waals surface area contributed by atoms with Gasteiger partial charge in [0.05, 0.1) is 16.5 Å². The summed E-state index contributed by atoms with van der Waals surface area (Å²) in [6, 6.07) is 7.33. The molecule has 0 aliphatic carbocycles. The number of H-pyrrole nitrogens is 1. The summed E-state index contributed by atoms with van der Waals surface area (Å²) in [6.07, 6.45) is 0. The van der Waals surface area contributed by atoms with Crippen LogP contribution in [0.25, 0.3) is 10.9 Å². The van der Waals surface area contributed by atoms with Gasteiger partial charge < -0.3 is 29.5 Å². The summed E-state index contributed by atoms with van der Waals surface area (Å²) in [5.41, 5.74) is 0.827. The predicted molar refractivity (Wildman–Crippen MR) is 90.9 cm³/mol. The van der Waals surface area contributed by atoms with Crippen LogP contribution in [-0.4, -0.2) is 29.3 Å². The zero-order chi connectivity index (χ0) is 18.3. The molecule has 2 heterocycles. The van der Waals surface area contributed by atoms with Gasteiger partial charge in [-0.2, -0.15) is 0 Å². The predicted octanol–water partition coefficient (Wildman–Crippen LogP) is 3.08. The van der Waals surface area contributed by atoms with Gasteiger partial charge in [0.25, 0.3) is 0 Å². The Hall–Kier alpha value is -3.26. The monoisotopic (exact) mass is 372 g/mol. The lowest BCUT2D eigenvalue weighted by Crippen LogP contribution is -2.21. The molecule has 4 rings (SSSR count). The summed E-state index contributed by atoms with van der Waals surface area (Å²) < 4.78 is 11.0. The standard InChI is InChI=1S/C17H12ClN3O5/c18-10-2-1-8(17(23)24)5-12(10)20-21-15-9-6-13-14(26-4-3-25-13)7-11(9)19-16(15)22/h1-2,5-7,19,22H,3-4H2,(H,23,24)/p-1. The van der Waals surface area contributed by atoms with Crippen molar-refractivity contribution in [3.8, 4) is 17.4 Å². The molecule has 0 spiro atoms. The van der Waals surface area contributed by atoms with Crippen LogP contribution in [0.15, 0.2) is 40.6 Å². The summed E-state index contributed by atoms with van der Waals surface area (Å²) in [4.78, 5) is 13.8. The molecule has 0 saturated heterocycles. The molecule has 0 unspecified atom stereocenters. The van der Waals surface area contributed by atoms with Crippen LogP contribution in [0.1, 0.15) is 10.4 Å². The average molecular weight is 373 g/mol. The number of carboxylic acids is 1. The van der Waals surface area contributed by atoms with E-state index in [1.165, 1.54) is 18.2 Å². The molecule has 9 heteroatoms. The Balaban J connectivity index is 1.77. The van der Waals surface area contributed by atoms with Gasteiger partial charge in [0.2, 0.25) is 5.88 Å².